The number of fused-ring (bicyclic) bond motifs is 1. The molecule has 1 N–H and O–H groups in total. The van der Waals surface area contributed by atoms with Crippen molar-refractivity contribution in [2.24, 2.45) is 0 Å². The van der Waals surface area contributed by atoms with Gasteiger partial charge in [0.05, 0.1) is 0 Å². The highest BCUT2D eigenvalue weighted by atomic mass is 16.5. The molecule has 1 atom stereocenters. The minimum absolute atomic E-state index is 0.258. The second kappa shape index (κ2) is 4.01. The van der Waals surface area contributed by atoms with Crippen LogP contribution in [0.5, 0.6) is 5.75 Å². The van der Waals surface area contributed by atoms with Gasteiger partial charge in [-0.25, -0.2) is 0 Å². The van der Waals surface area contributed by atoms with Gasteiger partial charge in [-0.1, -0.05) is 12.1 Å². The Morgan fingerprint density at radius 2 is 2.36 bits per heavy atom. The highest BCUT2D eigenvalue weighted by molar-refractivity contribution is 5.40. The van der Waals surface area contributed by atoms with Gasteiger partial charge in [0.25, 0.3) is 0 Å². The monoisotopic (exact) mass is 192 g/mol. The maximum atomic E-state index is 8.73. The summed E-state index contributed by atoms with van der Waals surface area (Å²) in [5.74, 6) is 1.04. The third-order valence-electron chi connectivity index (χ3n) is 2.59. The molecule has 2 nitrogen and oxygen atoms in total. The number of ether oxygens (including phenoxy) is 1. The molecule has 0 spiro atoms. The summed E-state index contributed by atoms with van der Waals surface area (Å²) in [5, 5.41) is 8.73. The molecule has 0 saturated heterocycles. The number of hydrogen-bond acceptors (Lipinski definition) is 2. The molecular weight excluding hydrogens is 176 g/mol. The quantitative estimate of drug-likeness (QED) is 0.793. The van der Waals surface area contributed by atoms with Gasteiger partial charge < -0.3 is 9.84 Å². The van der Waals surface area contributed by atoms with Gasteiger partial charge in [-0.3, -0.25) is 0 Å². The smallest absolute Gasteiger partial charge is 0.123 e. The van der Waals surface area contributed by atoms with Gasteiger partial charge in [0.15, 0.2) is 0 Å². The normalized spacial score (nSPS) is 19.1. The fourth-order valence-corrected chi connectivity index (χ4v) is 1.88. The van der Waals surface area contributed by atoms with Gasteiger partial charge in [-0.05, 0) is 37.0 Å². The second-order valence-corrected chi connectivity index (χ2v) is 3.90. The molecular formula is C12H16O2. The first kappa shape index (κ1) is 9.53. The van der Waals surface area contributed by atoms with E-state index in [9.17, 15) is 0 Å². The third-order valence-corrected chi connectivity index (χ3v) is 2.59. The fourth-order valence-electron chi connectivity index (χ4n) is 1.88. The lowest BCUT2D eigenvalue weighted by molar-refractivity contribution is 0.254. The second-order valence-electron chi connectivity index (χ2n) is 3.90. The molecule has 0 radical (unpaired) electrons. The summed E-state index contributed by atoms with van der Waals surface area (Å²) in [6.07, 6.45) is 3.10. The highest BCUT2D eigenvalue weighted by Crippen LogP contribution is 2.29. The third kappa shape index (κ3) is 1.90. The van der Waals surface area contributed by atoms with Gasteiger partial charge in [0.2, 0.25) is 0 Å². The molecule has 1 aliphatic rings. The fraction of sp³-hybridized carbons (Fsp3) is 0.500. The van der Waals surface area contributed by atoms with Crippen molar-refractivity contribution >= 4 is 0 Å². The SMILES string of the molecule is CC1Cc2ccc(CCCO)cc2O1. The zero-order valence-electron chi connectivity index (χ0n) is 8.49. The summed E-state index contributed by atoms with van der Waals surface area (Å²) in [6.45, 7) is 2.35. The van der Waals surface area contributed by atoms with E-state index in [0.29, 0.717) is 6.10 Å². The lowest BCUT2D eigenvalue weighted by Crippen LogP contribution is -2.05. The Morgan fingerprint density at radius 3 is 3.14 bits per heavy atom. The molecule has 1 aromatic rings. The summed E-state index contributed by atoms with van der Waals surface area (Å²) in [4.78, 5) is 0. The summed E-state index contributed by atoms with van der Waals surface area (Å²) in [6, 6.07) is 6.38. The van der Waals surface area contributed by atoms with E-state index in [2.05, 4.69) is 25.1 Å². The van der Waals surface area contributed by atoms with Crippen molar-refractivity contribution in [3.05, 3.63) is 29.3 Å². The molecule has 0 saturated carbocycles. The Labute approximate surface area is 84.5 Å². The van der Waals surface area contributed by atoms with Crippen LogP contribution < -0.4 is 4.74 Å². The van der Waals surface area contributed by atoms with Crippen molar-refractivity contribution in [3.8, 4) is 5.75 Å². The Hall–Kier alpha value is -1.02. The van der Waals surface area contributed by atoms with Crippen LogP contribution in [0.1, 0.15) is 24.5 Å². The number of aliphatic hydroxyl groups is 1. The van der Waals surface area contributed by atoms with Crippen molar-refractivity contribution < 1.29 is 9.84 Å². The first-order valence-corrected chi connectivity index (χ1v) is 5.19. The molecule has 0 aromatic heterocycles. The standard InChI is InChI=1S/C12H16O2/c1-9-7-11-5-4-10(3-2-6-13)8-12(11)14-9/h4-5,8-9,13H,2-3,6-7H2,1H3. The lowest BCUT2D eigenvalue weighted by Gasteiger charge is -2.04. The molecule has 2 rings (SSSR count). The predicted molar refractivity (Wildman–Crippen MR) is 55.6 cm³/mol. The number of rotatable bonds is 3. The summed E-state index contributed by atoms with van der Waals surface area (Å²) < 4.78 is 5.66. The zero-order valence-corrected chi connectivity index (χ0v) is 8.49. The van der Waals surface area contributed by atoms with Gasteiger partial charge in [0.1, 0.15) is 11.9 Å². The van der Waals surface area contributed by atoms with Gasteiger partial charge in [-0.15, -0.1) is 0 Å². The van der Waals surface area contributed by atoms with Gasteiger partial charge in [0, 0.05) is 13.0 Å². The molecule has 0 amide bonds. The molecule has 1 aliphatic heterocycles. The molecule has 14 heavy (non-hydrogen) atoms. The van der Waals surface area contributed by atoms with Crippen LogP contribution >= 0.6 is 0 Å². The topological polar surface area (TPSA) is 29.5 Å². The Bertz CT molecular complexity index is 320. The van der Waals surface area contributed by atoms with Crippen LogP contribution in [-0.4, -0.2) is 17.8 Å². The Morgan fingerprint density at radius 1 is 1.50 bits per heavy atom. The van der Waals surface area contributed by atoms with Crippen LogP contribution in [0.2, 0.25) is 0 Å². The molecule has 1 heterocycles. The molecule has 1 aromatic carbocycles. The van der Waals surface area contributed by atoms with E-state index in [4.69, 9.17) is 9.84 Å². The Balaban J connectivity index is 2.12. The average Bonchev–Trinajstić information content (AvgIpc) is 2.54. The van der Waals surface area contributed by atoms with Crippen molar-refractivity contribution in [1.82, 2.24) is 0 Å². The summed E-state index contributed by atoms with van der Waals surface area (Å²) >= 11 is 0. The highest BCUT2D eigenvalue weighted by Gasteiger charge is 2.18. The Kier molecular flexibility index (Phi) is 2.73. The summed E-state index contributed by atoms with van der Waals surface area (Å²) in [5.41, 5.74) is 2.57. The number of hydrogen-bond donors (Lipinski definition) is 1. The molecule has 0 fully saturated rings. The summed E-state index contributed by atoms with van der Waals surface area (Å²) in [7, 11) is 0. The largest absolute Gasteiger partial charge is 0.490 e. The van der Waals surface area contributed by atoms with E-state index < -0.39 is 0 Å². The maximum Gasteiger partial charge on any atom is 0.123 e. The first-order valence-electron chi connectivity index (χ1n) is 5.19. The minimum Gasteiger partial charge on any atom is -0.490 e. The van der Waals surface area contributed by atoms with Crippen LogP contribution in [0.4, 0.5) is 0 Å². The molecule has 76 valence electrons. The first-order chi connectivity index (χ1) is 6.79. The van der Waals surface area contributed by atoms with Crippen LogP contribution in [0, 0.1) is 0 Å². The van der Waals surface area contributed by atoms with E-state index in [-0.39, 0.29) is 6.61 Å². The predicted octanol–water partition coefficient (Wildman–Crippen LogP) is 1.93. The van der Waals surface area contributed by atoms with Crippen molar-refractivity contribution in [2.45, 2.75) is 32.3 Å². The van der Waals surface area contributed by atoms with Crippen LogP contribution in [-0.2, 0) is 12.8 Å². The van der Waals surface area contributed by atoms with E-state index in [1.165, 1.54) is 11.1 Å². The lowest BCUT2D eigenvalue weighted by atomic mass is 10.1. The van der Waals surface area contributed by atoms with Crippen LogP contribution in [0.25, 0.3) is 0 Å². The van der Waals surface area contributed by atoms with Crippen LogP contribution in [0.3, 0.4) is 0 Å². The van der Waals surface area contributed by atoms with Crippen molar-refractivity contribution in [2.75, 3.05) is 6.61 Å². The minimum atomic E-state index is 0.258. The molecule has 2 heteroatoms. The zero-order chi connectivity index (χ0) is 9.97. The maximum absolute atomic E-state index is 8.73. The average molecular weight is 192 g/mol. The number of aliphatic hydroxyl groups excluding tert-OH is 1. The van der Waals surface area contributed by atoms with E-state index in [1.54, 1.807) is 0 Å². The molecule has 0 bridgehead atoms. The number of aryl methyl sites for hydroxylation is 1. The van der Waals surface area contributed by atoms with E-state index in [0.717, 1.165) is 25.0 Å². The van der Waals surface area contributed by atoms with Gasteiger partial charge >= 0.3 is 0 Å². The van der Waals surface area contributed by atoms with Crippen molar-refractivity contribution in [1.29, 1.82) is 0 Å². The van der Waals surface area contributed by atoms with E-state index in [1.807, 2.05) is 0 Å². The van der Waals surface area contributed by atoms with E-state index >= 15 is 0 Å². The number of benzene rings is 1. The molecule has 1 unspecified atom stereocenters. The van der Waals surface area contributed by atoms with Gasteiger partial charge in [-0.2, -0.15) is 0 Å². The van der Waals surface area contributed by atoms with Crippen molar-refractivity contribution in [3.63, 3.8) is 0 Å². The molecule has 0 aliphatic carbocycles. The van der Waals surface area contributed by atoms with Crippen LogP contribution in [0.15, 0.2) is 18.2 Å².